The molecule has 0 spiro atoms. The number of carbonyl (C=O) groups is 1. The molecule has 0 atom stereocenters. The summed E-state index contributed by atoms with van der Waals surface area (Å²) in [5, 5.41) is 4.62. The van der Waals surface area contributed by atoms with Gasteiger partial charge in [-0.2, -0.15) is 0 Å². The van der Waals surface area contributed by atoms with Crippen molar-refractivity contribution in [3.63, 3.8) is 0 Å². The number of fused-ring (bicyclic) bond motifs is 1. The Hall–Kier alpha value is -1.86. The molecule has 0 saturated heterocycles. The van der Waals surface area contributed by atoms with Crippen LogP contribution in [-0.4, -0.2) is 18.8 Å². The van der Waals surface area contributed by atoms with Gasteiger partial charge in [-0.25, -0.2) is 17.5 Å². The second-order valence-electron chi connectivity index (χ2n) is 4.04. The number of thiophene rings is 1. The van der Waals surface area contributed by atoms with E-state index in [1.807, 2.05) is 6.07 Å². The molecule has 1 aliphatic heterocycles. The molecule has 0 saturated carbocycles. The van der Waals surface area contributed by atoms with Crippen molar-refractivity contribution in [1.82, 2.24) is 4.31 Å². The maximum atomic E-state index is 12.4. The van der Waals surface area contributed by atoms with Crippen LogP contribution in [0.3, 0.4) is 0 Å². The normalized spacial score (nSPS) is 16.8. The second-order valence-corrected chi connectivity index (χ2v) is 6.79. The van der Waals surface area contributed by atoms with Gasteiger partial charge in [0.15, 0.2) is 0 Å². The highest BCUT2D eigenvalue weighted by atomic mass is 32.2. The summed E-state index contributed by atoms with van der Waals surface area (Å²) in [5.41, 5.74) is 0.764. The fourth-order valence-electron chi connectivity index (χ4n) is 1.89. The van der Waals surface area contributed by atoms with Crippen molar-refractivity contribution in [3.05, 3.63) is 47.3 Å². The highest BCUT2D eigenvalue weighted by Crippen LogP contribution is 2.35. The van der Waals surface area contributed by atoms with Gasteiger partial charge in [-0.15, -0.1) is 11.3 Å². The van der Waals surface area contributed by atoms with Gasteiger partial charge in [0.05, 0.1) is 6.54 Å². The van der Waals surface area contributed by atoms with Crippen LogP contribution in [0.2, 0.25) is 0 Å². The first-order chi connectivity index (χ1) is 9.09. The zero-order chi connectivity index (χ0) is 13.5. The fourth-order valence-corrected chi connectivity index (χ4v) is 4.45. The minimum absolute atomic E-state index is 0.0320. The highest BCUT2D eigenvalue weighted by molar-refractivity contribution is 7.90. The van der Waals surface area contributed by atoms with Crippen molar-refractivity contribution in [2.45, 2.75) is 11.4 Å². The SMILES string of the molecule is O=C1Nc2sccc2S(=O)(=O)N1Cc1ccccc1. The van der Waals surface area contributed by atoms with E-state index >= 15 is 0 Å². The van der Waals surface area contributed by atoms with Gasteiger partial charge >= 0.3 is 6.03 Å². The van der Waals surface area contributed by atoms with Crippen molar-refractivity contribution in [3.8, 4) is 0 Å². The molecule has 0 unspecified atom stereocenters. The molecule has 2 aromatic rings. The van der Waals surface area contributed by atoms with Gasteiger partial charge in [0.2, 0.25) is 0 Å². The number of urea groups is 1. The minimum atomic E-state index is -3.76. The molecule has 2 amide bonds. The van der Waals surface area contributed by atoms with Crippen LogP contribution in [-0.2, 0) is 16.6 Å². The molecule has 19 heavy (non-hydrogen) atoms. The van der Waals surface area contributed by atoms with E-state index in [-0.39, 0.29) is 11.4 Å². The Balaban J connectivity index is 2.01. The topological polar surface area (TPSA) is 66.5 Å². The molecule has 0 fully saturated rings. The number of amides is 2. The van der Waals surface area contributed by atoms with Crippen LogP contribution < -0.4 is 5.32 Å². The van der Waals surface area contributed by atoms with Gasteiger partial charge in [0.25, 0.3) is 10.0 Å². The molecule has 2 heterocycles. The molecule has 1 aliphatic rings. The Bertz CT molecular complexity index is 722. The van der Waals surface area contributed by atoms with E-state index in [0.29, 0.717) is 5.00 Å². The molecule has 3 rings (SSSR count). The number of hydrogen-bond acceptors (Lipinski definition) is 4. The van der Waals surface area contributed by atoms with E-state index in [1.165, 1.54) is 17.4 Å². The second kappa shape index (κ2) is 4.36. The summed E-state index contributed by atoms with van der Waals surface area (Å²) in [6.45, 7) is 0.0320. The zero-order valence-corrected chi connectivity index (χ0v) is 11.4. The number of hydrogen-bond donors (Lipinski definition) is 1. The smallest absolute Gasteiger partial charge is 0.297 e. The van der Waals surface area contributed by atoms with E-state index in [1.54, 1.807) is 29.6 Å². The first-order valence-corrected chi connectivity index (χ1v) is 7.86. The largest absolute Gasteiger partial charge is 0.336 e. The Morgan fingerprint density at radius 1 is 1.16 bits per heavy atom. The van der Waals surface area contributed by atoms with Gasteiger partial charge in [0.1, 0.15) is 9.90 Å². The van der Waals surface area contributed by atoms with Gasteiger partial charge in [-0.05, 0) is 17.0 Å². The Labute approximate surface area is 114 Å². The molecule has 0 radical (unpaired) electrons. The van der Waals surface area contributed by atoms with E-state index in [0.717, 1.165) is 9.87 Å². The van der Waals surface area contributed by atoms with Crippen molar-refractivity contribution in [2.75, 3.05) is 5.32 Å². The summed E-state index contributed by atoms with van der Waals surface area (Å²) in [5.74, 6) is 0. The van der Waals surface area contributed by atoms with E-state index in [9.17, 15) is 13.2 Å². The van der Waals surface area contributed by atoms with Crippen molar-refractivity contribution >= 4 is 32.4 Å². The number of anilines is 1. The maximum Gasteiger partial charge on any atom is 0.336 e. The van der Waals surface area contributed by atoms with Crippen molar-refractivity contribution in [1.29, 1.82) is 0 Å². The van der Waals surface area contributed by atoms with Gasteiger partial charge in [-0.3, -0.25) is 5.32 Å². The average Bonchev–Trinajstić information content (AvgIpc) is 2.85. The van der Waals surface area contributed by atoms with Gasteiger partial charge < -0.3 is 0 Å². The molecular weight excluding hydrogens is 284 g/mol. The van der Waals surface area contributed by atoms with E-state index in [4.69, 9.17) is 0 Å². The van der Waals surface area contributed by atoms with Crippen molar-refractivity contribution < 1.29 is 13.2 Å². The predicted octanol–water partition coefficient (Wildman–Crippen LogP) is 2.48. The third-order valence-corrected chi connectivity index (χ3v) is 5.54. The molecule has 0 aliphatic carbocycles. The number of nitrogens with zero attached hydrogens (tertiary/aromatic N) is 1. The lowest BCUT2D eigenvalue weighted by Crippen LogP contribution is -2.42. The molecule has 1 aromatic heterocycles. The minimum Gasteiger partial charge on any atom is -0.297 e. The van der Waals surface area contributed by atoms with E-state index < -0.39 is 16.1 Å². The van der Waals surface area contributed by atoms with Crippen LogP contribution in [0.25, 0.3) is 0 Å². The van der Waals surface area contributed by atoms with Crippen LogP contribution in [0.15, 0.2) is 46.7 Å². The third kappa shape index (κ3) is 2.00. The Kier molecular flexibility index (Phi) is 2.79. The molecule has 0 bridgehead atoms. The van der Waals surface area contributed by atoms with Crippen LogP contribution in [0.1, 0.15) is 5.56 Å². The summed E-state index contributed by atoms with van der Waals surface area (Å²) in [6, 6.07) is 9.91. The number of carbonyl (C=O) groups excluding carboxylic acids is 1. The standard InChI is InChI=1S/C12H10N2O3S2/c15-12-13-11-10(6-7-18-11)19(16,17)14(12)8-9-4-2-1-3-5-9/h1-7H,8H2,(H,13,15). The maximum absolute atomic E-state index is 12.4. The summed E-state index contributed by atoms with van der Waals surface area (Å²) >= 11 is 1.20. The zero-order valence-electron chi connectivity index (χ0n) is 9.74. The average molecular weight is 294 g/mol. The molecule has 7 heteroatoms. The molecule has 1 N–H and O–H groups in total. The van der Waals surface area contributed by atoms with Crippen LogP contribution in [0.5, 0.6) is 0 Å². The number of benzene rings is 1. The van der Waals surface area contributed by atoms with Crippen LogP contribution in [0, 0.1) is 0 Å². The van der Waals surface area contributed by atoms with E-state index in [2.05, 4.69) is 5.32 Å². The number of nitrogens with one attached hydrogen (secondary N) is 1. The fraction of sp³-hybridized carbons (Fsp3) is 0.0833. The molecule has 5 nitrogen and oxygen atoms in total. The first kappa shape index (κ1) is 12.2. The van der Waals surface area contributed by atoms with Gasteiger partial charge in [0, 0.05) is 0 Å². The lowest BCUT2D eigenvalue weighted by atomic mass is 10.2. The van der Waals surface area contributed by atoms with Crippen LogP contribution in [0.4, 0.5) is 9.80 Å². The van der Waals surface area contributed by atoms with Crippen LogP contribution >= 0.6 is 11.3 Å². The summed E-state index contributed by atoms with van der Waals surface area (Å²) < 4.78 is 25.6. The molecular formula is C12H10N2O3S2. The molecule has 1 aromatic carbocycles. The summed E-state index contributed by atoms with van der Waals surface area (Å²) in [4.78, 5) is 12.1. The summed E-state index contributed by atoms with van der Waals surface area (Å²) in [7, 11) is -3.76. The Morgan fingerprint density at radius 3 is 2.63 bits per heavy atom. The highest BCUT2D eigenvalue weighted by Gasteiger charge is 2.37. The summed E-state index contributed by atoms with van der Waals surface area (Å²) in [6.07, 6.45) is 0. The monoisotopic (exact) mass is 294 g/mol. The lowest BCUT2D eigenvalue weighted by molar-refractivity contribution is 0.234. The third-order valence-electron chi connectivity index (χ3n) is 2.81. The van der Waals surface area contributed by atoms with Crippen molar-refractivity contribution in [2.24, 2.45) is 0 Å². The Morgan fingerprint density at radius 2 is 1.89 bits per heavy atom. The molecule has 98 valence electrons. The number of sulfonamides is 1. The first-order valence-electron chi connectivity index (χ1n) is 5.54. The van der Waals surface area contributed by atoms with Gasteiger partial charge in [-0.1, -0.05) is 30.3 Å². The number of rotatable bonds is 2. The predicted molar refractivity (Wildman–Crippen MR) is 72.5 cm³/mol. The quantitative estimate of drug-likeness (QED) is 0.925. The lowest BCUT2D eigenvalue weighted by Gasteiger charge is -2.26.